The molecule has 1 rings (SSSR count). The van der Waals surface area contributed by atoms with E-state index in [1.807, 2.05) is 0 Å². The van der Waals surface area contributed by atoms with Crippen LogP contribution in [0.4, 0.5) is 8.78 Å². The van der Waals surface area contributed by atoms with Gasteiger partial charge in [-0.1, -0.05) is 11.6 Å². The van der Waals surface area contributed by atoms with Crippen LogP contribution < -0.4 is 4.74 Å². The molecule has 1 aromatic rings. The van der Waals surface area contributed by atoms with Gasteiger partial charge in [0.25, 0.3) is 0 Å². The fraction of sp³-hybridized carbons (Fsp3) is 0.250. The lowest BCUT2D eigenvalue weighted by Gasteiger charge is -2.06. The van der Waals surface area contributed by atoms with E-state index in [1.54, 1.807) is 6.92 Å². The Bertz CT molecular complexity index is 265. The van der Waals surface area contributed by atoms with E-state index >= 15 is 0 Å². The van der Waals surface area contributed by atoms with E-state index < -0.39 is 12.7 Å². The van der Waals surface area contributed by atoms with Crippen LogP contribution in [0.2, 0.25) is 5.02 Å². The summed E-state index contributed by atoms with van der Waals surface area (Å²) in [6, 6.07) is 2.59. The lowest BCUT2D eigenvalue weighted by molar-refractivity contribution is 0.183. The number of benzene rings is 1. The maximum atomic E-state index is 12.9. The van der Waals surface area contributed by atoms with Gasteiger partial charge in [-0.2, -0.15) is 0 Å². The molecule has 0 aliphatic carbocycles. The Morgan fingerprint density at radius 3 is 2.67 bits per heavy atom. The van der Waals surface area contributed by atoms with E-state index in [4.69, 9.17) is 11.6 Å². The van der Waals surface area contributed by atoms with E-state index in [-0.39, 0.29) is 10.8 Å². The summed E-state index contributed by atoms with van der Waals surface area (Å²) >= 11 is 5.53. The molecule has 0 aromatic heterocycles. The lowest BCUT2D eigenvalue weighted by atomic mass is 10.2. The fourth-order valence-electron chi connectivity index (χ4n) is 0.926. The summed E-state index contributed by atoms with van der Waals surface area (Å²) in [4.78, 5) is 0. The molecule has 0 saturated carbocycles. The number of halogens is 3. The summed E-state index contributed by atoms with van der Waals surface area (Å²) in [6.45, 7) is 0.555. The minimum absolute atomic E-state index is 0.0816. The minimum atomic E-state index is -1.04. The second-order valence-electron chi connectivity index (χ2n) is 2.29. The predicted octanol–water partition coefficient (Wildman–Crippen LogP) is 3.09. The van der Waals surface area contributed by atoms with Crippen molar-refractivity contribution < 1.29 is 13.5 Å². The van der Waals surface area contributed by atoms with Crippen molar-refractivity contribution in [3.63, 3.8) is 0 Å². The SMILES string of the molecule is Cc1cc(Cl)cc(F)c1OCF. The third-order valence-corrected chi connectivity index (χ3v) is 1.61. The summed E-state index contributed by atoms with van der Waals surface area (Å²) in [5.41, 5.74) is 0.484. The molecule has 1 aromatic carbocycles. The maximum absolute atomic E-state index is 12.9. The van der Waals surface area contributed by atoms with Gasteiger partial charge in [-0.05, 0) is 24.6 Å². The molecule has 0 spiro atoms. The Morgan fingerprint density at radius 1 is 1.50 bits per heavy atom. The molecule has 0 radical (unpaired) electrons. The zero-order valence-electron chi connectivity index (χ0n) is 6.40. The number of rotatable bonds is 2. The molecule has 66 valence electrons. The monoisotopic (exact) mass is 192 g/mol. The van der Waals surface area contributed by atoms with Gasteiger partial charge in [0.1, 0.15) is 0 Å². The van der Waals surface area contributed by atoms with Gasteiger partial charge < -0.3 is 4.74 Å². The molecule has 4 heteroatoms. The topological polar surface area (TPSA) is 9.23 Å². The van der Waals surface area contributed by atoms with Crippen LogP contribution in [0, 0.1) is 12.7 Å². The summed E-state index contributed by atoms with van der Waals surface area (Å²) in [7, 11) is 0. The molecule has 0 bridgehead atoms. The van der Waals surface area contributed by atoms with Crippen molar-refractivity contribution in [3.8, 4) is 5.75 Å². The first-order valence-electron chi connectivity index (χ1n) is 3.29. The van der Waals surface area contributed by atoms with Gasteiger partial charge in [0, 0.05) is 5.02 Å². The van der Waals surface area contributed by atoms with Gasteiger partial charge in [-0.3, -0.25) is 0 Å². The first-order chi connectivity index (χ1) is 5.65. The highest BCUT2D eigenvalue weighted by atomic mass is 35.5. The average molecular weight is 193 g/mol. The molecule has 0 N–H and O–H groups in total. The van der Waals surface area contributed by atoms with Crippen molar-refractivity contribution >= 4 is 11.6 Å². The molecule has 12 heavy (non-hydrogen) atoms. The molecule has 0 saturated heterocycles. The normalized spacial score (nSPS) is 10.0. The molecule has 1 nitrogen and oxygen atoms in total. The molecule has 0 heterocycles. The van der Waals surface area contributed by atoms with Crippen LogP contribution in [0.25, 0.3) is 0 Å². The van der Waals surface area contributed by atoms with E-state index in [2.05, 4.69) is 4.74 Å². The van der Waals surface area contributed by atoms with Crippen LogP contribution in [0.15, 0.2) is 12.1 Å². The minimum Gasteiger partial charge on any atom is -0.460 e. The van der Waals surface area contributed by atoms with Crippen molar-refractivity contribution in [1.29, 1.82) is 0 Å². The van der Waals surface area contributed by atoms with E-state index in [1.165, 1.54) is 6.07 Å². The summed E-state index contributed by atoms with van der Waals surface area (Å²) in [5.74, 6) is -0.723. The molecule has 0 fully saturated rings. The lowest BCUT2D eigenvalue weighted by Crippen LogP contribution is -1.96. The second-order valence-corrected chi connectivity index (χ2v) is 2.72. The van der Waals surface area contributed by atoms with Gasteiger partial charge in [0.05, 0.1) is 0 Å². The van der Waals surface area contributed by atoms with E-state index in [0.29, 0.717) is 5.56 Å². The Hall–Kier alpha value is -0.830. The van der Waals surface area contributed by atoms with Crippen LogP contribution in [0.5, 0.6) is 5.75 Å². The Balaban J connectivity index is 3.10. The number of hydrogen-bond donors (Lipinski definition) is 0. The van der Waals surface area contributed by atoms with Gasteiger partial charge >= 0.3 is 0 Å². The van der Waals surface area contributed by atoms with Crippen LogP contribution in [-0.4, -0.2) is 6.86 Å². The zero-order chi connectivity index (χ0) is 9.14. The predicted molar refractivity (Wildman–Crippen MR) is 42.8 cm³/mol. The van der Waals surface area contributed by atoms with Crippen molar-refractivity contribution in [2.24, 2.45) is 0 Å². The largest absolute Gasteiger partial charge is 0.460 e. The van der Waals surface area contributed by atoms with Crippen molar-refractivity contribution in [2.75, 3.05) is 6.86 Å². The van der Waals surface area contributed by atoms with E-state index in [0.717, 1.165) is 6.07 Å². The Kier molecular flexibility index (Phi) is 2.87. The van der Waals surface area contributed by atoms with Gasteiger partial charge in [-0.15, -0.1) is 0 Å². The summed E-state index contributed by atoms with van der Waals surface area (Å²) in [5, 5.41) is 0.274. The molecule has 0 atom stereocenters. The maximum Gasteiger partial charge on any atom is 0.228 e. The van der Waals surface area contributed by atoms with Gasteiger partial charge in [0.15, 0.2) is 11.6 Å². The second kappa shape index (κ2) is 3.72. The Labute approximate surface area is 73.9 Å². The standard InChI is InChI=1S/C8H7ClF2O/c1-5-2-6(9)3-7(11)8(5)12-4-10/h2-3H,4H2,1H3. The van der Waals surface area contributed by atoms with Crippen LogP contribution >= 0.6 is 11.6 Å². The van der Waals surface area contributed by atoms with Crippen LogP contribution in [-0.2, 0) is 0 Å². The number of aryl methyl sites for hydroxylation is 1. The van der Waals surface area contributed by atoms with Crippen molar-refractivity contribution in [2.45, 2.75) is 6.92 Å². The molecule has 0 aliphatic rings. The highest BCUT2D eigenvalue weighted by Gasteiger charge is 2.07. The third kappa shape index (κ3) is 1.85. The molecule has 0 unspecified atom stereocenters. The average Bonchev–Trinajstić information content (AvgIpc) is 1.96. The first kappa shape index (κ1) is 9.26. The molecule has 0 aliphatic heterocycles. The number of alkyl halides is 1. The molecular formula is C8H7ClF2O. The van der Waals surface area contributed by atoms with Gasteiger partial charge in [0.2, 0.25) is 6.86 Å². The number of hydrogen-bond acceptors (Lipinski definition) is 1. The van der Waals surface area contributed by atoms with Crippen LogP contribution in [0.3, 0.4) is 0 Å². The Morgan fingerprint density at radius 2 is 2.17 bits per heavy atom. The van der Waals surface area contributed by atoms with Crippen molar-refractivity contribution in [3.05, 3.63) is 28.5 Å². The quantitative estimate of drug-likeness (QED) is 0.700. The van der Waals surface area contributed by atoms with Crippen LogP contribution in [0.1, 0.15) is 5.56 Å². The van der Waals surface area contributed by atoms with E-state index in [9.17, 15) is 8.78 Å². The third-order valence-electron chi connectivity index (χ3n) is 1.39. The number of ether oxygens (including phenoxy) is 1. The van der Waals surface area contributed by atoms with Gasteiger partial charge in [-0.25, -0.2) is 8.78 Å². The van der Waals surface area contributed by atoms with Crippen molar-refractivity contribution in [1.82, 2.24) is 0 Å². The highest BCUT2D eigenvalue weighted by molar-refractivity contribution is 6.30. The first-order valence-corrected chi connectivity index (χ1v) is 3.67. The fourth-order valence-corrected chi connectivity index (χ4v) is 1.19. The smallest absolute Gasteiger partial charge is 0.228 e. The summed E-state index contributed by atoms with van der Waals surface area (Å²) < 4.78 is 29.1. The molecular weight excluding hydrogens is 186 g/mol. The molecule has 0 amide bonds. The summed E-state index contributed by atoms with van der Waals surface area (Å²) in [6.07, 6.45) is 0. The zero-order valence-corrected chi connectivity index (χ0v) is 7.16. The highest BCUT2D eigenvalue weighted by Crippen LogP contribution is 2.26.